The summed E-state index contributed by atoms with van der Waals surface area (Å²) in [6.45, 7) is 8.55. The first-order valence-electron chi connectivity index (χ1n) is 12.1. The SMILES string of the molecule is COc1ccc(C(=O)N2CCN(C/C=C/c3ccccc3)CC2)cc1COc1ccc(C)c(C)c1. The largest absolute Gasteiger partial charge is 0.496 e. The van der Waals surface area contributed by atoms with Crippen molar-refractivity contribution >= 4 is 12.0 Å². The minimum atomic E-state index is 0.0551. The van der Waals surface area contributed by atoms with Crippen LogP contribution in [0.2, 0.25) is 0 Å². The van der Waals surface area contributed by atoms with Crippen LogP contribution in [0.3, 0.4) is 0 Å². The zero-order chi connectivity index (χ0) is 24.6. The van der Waals surface area contributed by atoms with Crippen molar-refractivity contribution in [2.75, 3.05) is 39.8 Å². The molecule has 3 aromatic rings. The van der Waals surface area contributed by atoms with Gasteiger partial charge in [0.2, 0.25) is 0 Å². The third-order valence-electron chi connectivity index (χ3n) is 6.53. The third-order valence-corrected chi connectivity index (χ3v) is 6.53. The van der Waals surface area contributed by atoms with Crippen LogP contribution in [0.15, 0.2) is 72.8 Å². The highest BCUT2D eigenvalue weighted by Crippen LogP contribution is 2.24. The van der Waals surface area contributed by atoms with Crippen LogP contribution in [0, 0.1) is 13.8 Å². The highest BCUT2D eigenvalue weighted by atomic mass is 16.5. The van der Waals surface area contributed by atoms with Gasteiger partial charge in [0.15, 0.2) is 0 Å². The molecule has 1 amide bonds. The molecule has 1 aliphatic rings. The lowest BCUT2D eigenvalue weighted by molar-refractivity contribution is 0.0650. The fraction of sp³-hybridized carbons (Fsp3) is 0.300. The molecule has 0 radical (unpaired) electrons. The van der Waals surface area contributed by atoms with E-state index in [4.69, 9.17) is 9.47 Å². The number of hydrogen-bond donors (Lipinski definition) is 0. The summed E-state index contributed by atoms with van der Waals surface area (Å²) in [7, 11) is 1.64. The number of carbonyl (C=O) groups is 1. The van der Waals surface area contributed by atoms with Crippen molar-refractivity contribution in [3.8, 4) is 11.5 Å². The van der Waals surface area contributed by atoms with Crippen LogP contribution in [-0.2, 0) is 6.61 Å². The van der Waals surface area contributed by atoms with E-state index in [1.54, 1.807) is 7.11 Å². The summed E-state index contributed by atoms with van der Waals surface area (Å²) in [6.07, 6.45) is 4.34. The minimum Gasteiger partial charge on any atom is -0.496 e. The first-order valence-corrected chi connectivity index (χ1v) is 12.1. The molecular weight excluding hydrogens is 436 g/mol. The first-order chi connectivity index (χ1) is 17.0. The minimum absolute atomic E-state index is 0.0551. The molecule has 1 heterocycles. The van der Waals surface area contributed by atoms with E-state index in [0.717, 1.165) is 49.8 Å². The molecule has 0 aromatic heterocycles. The van der Waals surface area contributed by atoms with Gasteiger partial charge in [0, 0.05) is 43.9 Å². The topological polar surface area (TPSA) is 42.0 Å². The van der Waals surface area contributed by atoms with E-state index in [2.05, 4.69) is 49.1 Å². The number of benzene rings is 3. The van der Waals surface area contributed by atoms with Crippen LogP contribution in [0.1, 0.15) is 32.6 Å². The van der Waals surface area contributed by atoms with Gasteiger partial charge in [-0.1, -0.05) is 48.6 Å². The van der Waals surface area contributed by atoms with E-state index in [1.807, 2.05) is 53.4 Å². The Hall–Kier alpha value is -3.57. The van der Waals surface area contributed by atoms with Gasteiger partial charge in [-0.15, -0.1) is 0 Å². The second-order valence-electron chi connectivity index (χ2n) is 8.97. The summed E-state index contributed by atoms with van der Waals surface area (Å²) in [6, 6.07) is 22.0. The zero-order valence-corrected chi connectivity index (χ0v) is 20.9. The van der Waals surface area contributed by atoms with Gasteiger partial charge in [-0.3, -0.25) is 9.69 Å². The Balaban J connectivity index is 1.34. The first kappa shape index (κ1) is 24.6. The molecule has 0 saturated carbocycles. The molecule has 4 rings (SSSR count). The fourth-order valence-electron chi connectivity index (χ4n) is 4.21. The van der Waals surface area contributed by atoms with Gasteiger partial charge in [-0.05, 0) is 60.9 Å². The van der Waals surface area contributed by atoms with E-state index < -0.39 is 0 Å². The maximum Gasteiger partial charge on any atom is 0.253 e. The Kier molecular flexibility index (Phi) is 8.22. The molecule has 0 aliphatic carbocycles. The molecule has 0 N–H and O–H groups in total. The average molecular weight is 471 g/mol. The molecular formula is C30H34N2O3. The Morgan fingerprint density at radius 1 is 0.914 bits per heavy atom. The van der Waals surface area contributed by atoms with Crippen molar-refractivity contribution in [3.05, 3.63) is 101 Å². The predicted octanol–water partition coefficient (Wildman–Crippen LogP) is 5.36. The van der Waals surface area contributed by atoms with Crippen LogP contribution in [0.25, 0.3) is 6.08 Å². The van der Waals surface area contributed by atoms with Gasteiger partial charge < -0.3 is 14.4 Å². The predicted molar refractivity (Wildman–Crippen MR) is 141 cm³/mol. The molecule has 0 atom stereocenters. The van der Waals surface area contributed by atoms with Crippen molar-refractivity contribution in [3.63, 3.8) is 0 Å². The Morgan fingerprint density at radius 3 is 2.40 bits per heavy atom. The molecule has 3 aromatic carbocycles. The number of methoxy groups -OCH3 is 1. The van der Waals surface area contributed by atoms with E-state index in [9.17, 15) is 4.79 Å². The normalized spacial score (nSPS) is 14.3. The Morgan fingerprint density at radius 2 is 1.69 bits per heavy atom. The van der Waals surface area contributed by atoms with Crippen LogP contribution >= 0.6 is 0 Å². The standard InChI is InChI=1S/C30H34N2O3/c1-23-11-13-28(20-24(23)2)35-22-27-21-26(12-14-29(27)34-3)30(33)32-18-16-31(17-19-32)15-7-10-25-8-5-4-6-9-25/h4-14,20-21H,15-19,22H2,1-3H3/b10-7+. The lowest BCUT2D eigenvalue weighted by Crippen LogP contribution is -2.48. The lowest BCUT2D eigenvalue weighted by atomic mass is 10.1. The fourth-order valence-corrected chi connectivity index (χ4v) is 4.21. The highest BCUT2D eigenvalue weighted by Gasteiger charge is 2.22. The molecule has 5 nitrogen and oxygen atoms in total. The van der Waals surface area contributed by atoms with Gasteiger partial charge in [-0.25, -0.2) is 0 Å². The smallest absolute Gasteiger partial charge is 0.253 e. The zero-order valence-electron chi connectivity index (χ0n) is 20.9. The second-order valence-corrected chi connectivity index (χ2v) is 8.97. The molecule has 5 heteroatoms. The average Bonchev–Trinajstić information content (AvgIpc) is 2.90. The van der Waals surface area contributed by atoms with E-state index in [0.29, 0.717) is 12.2 Å². The number of aryl methyl sites for hydroxylation is 2. The number of carbonyl (C=O) groups excluding carboxylic acids is 1. The summed E-state index contributed by atoms with van der Waals surface area (Å²) in [5.41, 5.74) is 5.16. The number of nitrogens with zero attached hydrogens (tertiary/aromatic N) is 2. The molecule has 182 valence electrons. The van der Waals surface area contributed by atoms with Crippen molar-refractivity contribution in [1.29, 1.82) is 0 Å². The second kappa shape index (κ2) is 11.7. The van der Waals surface area contributed by atoms with Crippen LogP contribution in [0.5, 0.6) is 11.5 Å². The Bertz CT molecular complexity index is 1170. The van der Waals surface area contributed by atoms with Gasteiger partial charge in [0.1, 0.15) is 18.1 Å². The molecule has 35 heavy (non-hydrogen) atoms. The van der Waals surface area contributed by atoms with Gasteiger partial charge in [-0.2, -0.15) is 0 Å². The number of hydrogen-bond acceptors (Lipinski definition) is 4. The maximum absolute atomic E-state index is 13.2. The molecule has 0 spiro atoms. The summed E-state index contributed by atoms with van der Waals surface area (Å²) < 4.78 is 11.5. The van der Waals surface area contributed by atoms with Crippen molar-refractivity contribution < 1.29 is 14.3 Å². The summed E-state index contributed by atoms with van der Waals surface area (Å²) in [5, 5.41) is 0. The van der Waals surface area contributed by atoms with Crippen LogP contribution < -0.4 is 9.47 Å². The van der Waals surface area contributed by atoms with Crippen molar-refractivity contribution in [1.82, 2.24) is 9.80 Å². The quantitative estimate of drug-likeness (QED) is 0.444. The number of amides is 1. The lowest BCUT2D eigenvalue weighted by Gasteiger charge is -2.34. The molecule has 1 saturated heterocycles. The van der Waals surface area contributed by atoms with Gasteiger partial charge in [0.25, 0.3) is 5.91 Å². The number of rotatable bonds is 8. The third kappa shape index (κ3) is 6.52. The van der Waals surface area contributed by atoms with Gasteiger partial charge >= 0.3 is 0 Å². The van der Waals surface area contributed by atoms with Crippen molar-refractivity contribution in [2.45, 2.75) is 20.5 Å². The van der Waals surface area contributed by atoms with Crippen molar-refractivity contribution in [2.24, 2.45) is 0 Å². The molecule has 1 aliphatic heterocycles. The van der Waals surface area contributed by atoms with E-state index in [-0.39, 0.29) is 5.91 Å². The number of piperazine rings is 1. The molecule has 1 fully saturated rings. The summed E-state index contributed by atoms with van der Waals surface area (Å²) in [5.74, 6) is 1.59. The van der Waals surface area contributed by atoms with Crippen LogP contribution in [0.4, 0.5) is 0 Å². The van der Waals surface area contributed by atoms with Crippen LogP contribution in [-0.4, -0.2) is 55.5 Å². The monoisotopic (exact) mass is 470 g/mol. The molecule has 0 unspecified atom stereocenters. The van der Waals surface area contributed by atoms with Gasteiger partial charge in [0.05, 0.1) is 7.11 Å². The summed E-state index contributed by atoms with van der Waals surface area (Å²) >= 11 is 0. The Labute approximate surface area is 208 Å². The highest BCUT2D eigenvalue weighted by molar-refractivity contribution is 5.94. The number of ether oxygens (including phenoxy) is 2. The maximum atomic E-state index is 13.2. The van der Waals surface area contributed by atoms with E-state index in [1.165, 1.54) is 16.7 Å². The molecule has 0 bridgehead atoms. The summed E-state index contributed by atoms with van der Waals surface area (Å²) in [4.78, 5) is 17.5. The van der Waals surface area contributed by atoms with E-state index >= 15 is 0 Å².